The molecular formula is C15H23N3. The van der Waals surface area contributed by atoms with Crippen LogP contribution in [0.25, 0.3) is 0 Å². The molecule has 2 rings (SSSR count). The minimum absolute atomic E-state index is 0.310. The minimum Gasteiger partial charge on any atom is -0.271 e. The molecular weight excluding hydrogens is 222 g/mol. The lowest BCUT2D eigenvalue weighted by Gasteiger charge is -2.19. The lowest BCUT2D eigenvalue weighted by molar-refractivity contribution is 0.530. The first kappa shape index (κ1) is 13.2. The third-order valence-electron chi connectivity index (χ3n) is 3.64. The van der Waals surface area contributed by atoms with Crippen molar-refractivity contribution in [2.75, 3.05) is 0 Å². The maximum Gasteiger partial charge on any atom is 0.0423 e. The summed E-state index contributed by atoms with van der Waals surface area (Å²) in [6.45, 7) is 0. The fourth-order valence-corrected chi connectivity index (χ4v) is 2.57. The Bertz CT molecular complexity index is 373. The van der Waals surface area contributed by atoms with E-state index in [9.17, 15) is 0 Å². The molecule has 1 unspecified atom stereocenters. The minimum atomic E-state index is 0.310. The van der Waals surface area contributed by atoms with Crippen LogP contribution in [0.15, 0.2) is 36.0 Å². The van der Waals surface area contributed by atoms with E-state index in [2.05, 4.69) is 22.6 Å². The molecule has 1 heterocycles. The highest BCUT2D eigenvalue weighted by Gasteiger charge is 2.14. The van der Waals surface area contributed by atoms with Gasteiger partial charge in [0.15, 0.2) is 0 Å². The van der Waals surface area contributed by atoms with Crippen molar-refractivity contribution in [3.8, 4) is 0 Å². The molecule has 0 bridgehead atoms. The van der Waals surface area contributed by atoms with Crippen LogP contribution < -0.4 is 11.3 Å². The highest BCUT2D eigenvalue weighted by Crippen LogP contribution is 2.21. The van der Waals surface area contributed by atoms with Gasteiger partial charge in [0, 0.05) is 17.9 Å². The topological polar surface area (TPSA) is 50.9 Å². The second kappa shape index (κ2) is 7.29. The Hall–Kier alpha value is -1.19. The molecule has 3 nitrogen and oxygen atoms in total. The zero-order valence-corrected chi connectivity index (χ0v) is 10.9. The average molecular weight is 245 g/mol. The number of pyridine rings is 1. The monoisotopic (exact) mass is 245 g/mol. The molecule has 0 radical (unpaired) electrons. The quantitative estimate of drug-likeness (QED) is 0.476. The Morgan fingerprint density at radius 2 is 2.22 bits per heavy atom. The molecule has 0 fully saturated rings. The molecule has 1 aromatic heterocycles. The first-order chi connectivity index (χ1) is 8.90. The summed E-state index contributed by atoms with van der Waals surface area (Å²) in [5.41, 5.74) is 5.61. The summed E-state index contributed by atoms with van der Waals surface area (Å²) in [5.74, 6) is 5.71. The number of aromatic nitrogens is 1. The second-order valence-electron chi connectivity index (χ2n) is 4.96. The van der Waals surface area contributed by atoms with E-state index < -0.39 is 0 Å². The average Bonchev–Trinajstić information content (AvgIpc) is 2.70. The zero-order valence-electron chi connectivity index (χ0n) is 10.9. The van der Waals surface area contributed by atoms with Crippen molar-refractivity contribution in [3.63, 3.8) is 0 Å². The number of hydrogen-bond donors (Lipinski definition) is 2. The predicted molar refractivity (Wildman–Crippen MR) is 74.8 cm³/mol. The second-order valence-corrected chi connectivity index (χ2v) is 4.96. The van der Waals surface area contributed by atoms with Crippen LogP contribution >= 0.6 is 0 Å². The first-order valence-electron chi connectivity index (χ1n) is 6.95. The molecule has 1 aliphatic rings. The van der Waals surface area contributed by atoms with Crippen molar-refractivity contribution in [3.05, 3.63) is 41.7 Å². The summed E-state index contributed by atoms with van der Waals surface area (Å²) in [4.78, 5) is 4.36. The molecule has 1 atom stereocenters. The van der Waals surface area contributed by atoms with Crippen LogP contribution in [0, 0.1) is 0 Å². The van der Waals surface area contributed by atoms with Gasteiger partial charge in [-0.1, -0.05) is 24.1 Å². The number of rotatable bonds is 5. The van der Waals surface area contributed by atoms with Crippen LogP contribution in [0.4, 0.5) is 0 Å². The van der Waals surface area contributed by atoms with Crippen molar-refractivity contribution < 1.29 is 0 Å². The summed E-state index contributed by atoms with van der Waals surface area (Å²) in [5, 5.41) is 0. The van der Waals surface area contributed by atoms with Gasteiger partial charge >= 0.3 is 0 Å². The third-order valence-corrected chi connectivity index (χ3v) is 3.64. The smallest absolute Gasteiger partial charge is 0.0423 e. The fourth-order valence-electron chi connectivity index (χ4n) is 2.57. The number of nitrogens with one attached hydrogen (secondary N) is 1. The van der Waals surface area contributed by atoms with Gasteiger partial charge in [-0.2, -0.15) is 0 Å². The maximum absolute atomic E-state index is 5.71. The van der Waals surface area contributed by atoms with Crippen LogP contribution in [0.5, 0.6) is 0 Å². The molecule has 98 valence electrons. The van der Waals surface area contributed by atoms with Gasteiger partial charge in [0.2, 0.25) is 0 Å². The summed E-state index contributed by atoms with van der Waals surface area (Å²) in [7, 11) is 0. The zero-order chi connectivity index (χ0) is 12.6. The SMILES string of the molecule is NNC(CCc1ccccn1)C1=CCCCCC1. The van der Waals surface area contributed by atoms with Crippen molar-refractivity contribution >= 4 is 0 Å². The molecule has 0 amide bonds. The Kier molecular flexibility index (Phi) is 5.36. The molecule has 0 aliphatic heterocycles. The number of aryl methyl sites for hydroxylation is 1. The van der Waals surface area contributed by atoms with Crippen molar-refractivity contribution in [2.24, 2.45) is 5.84 Å². The van der Waals surface area contributed by atoms with Crippen LogP contribution in [0.1, 0.15) is 44.2 Å². The van der Waals surface area contributed by atoms with Gasteiger partial charge in [0.05, 0.1) is 0 Å². The van der Waals surface area contributed by atoms with Crippen LogP contribution in [0.2, 0.25) is 0 Å². The number of hydrazine groups is 1. The van der Waals surface area contributed by atoms with Gasteiger partial charge in [-0.3, -0.25) is 16.3 Å². The molecule has 1 aliphatic carbocycles. The molecule has 0 aromatic carbocycles. The van der Waals surface area contributed by atoms with Gasteiger partial charge in [0.1, 0.15) is 0 Å². The Morgan fingerprint density at radius 1 is 1.28 bits per heavy atom. The van der Waals surface area contributed by atoms with E-state index in [4.69, 9.17) is 5.84 Å². The van der Waals surface area contributed by atoms with E-state index in [1.165, 1.54) is 37.7 Å². The molecule has 0 saturated carbocycles. The van der Waals surface area contributed by atoms with E-state index in [1.807, 2.05) is 18.3 Å². The van der Waals surface area contributed by atoms with E-state index in [0.717, 1.165) is 18.5 Å². The van der Waals surface area contributed by atoms with E-state index in [1.54, 1.807) is 0 Å². The number of hydrogen-bond acceptors (Lipinski definition) is 3. The molecule has 1 aromatic rings. The lowest BCUT2D eigenvalue weighted by atomic mass is 9.97. The number of allylic oxidation sites excluding steroid dienone is 1. The van der Waals surface area contributed by atoms with Gasteiger partial charge < -0.3 is 0 Å². The molecule has 0 saturated heterocycles. The third kappa shape index (κ3) is 3.93. The summed E-state index contributed by atoms with van der Waals surface area (Å²) >= 11 is 0. The Labute approximate surface area is 109 Å². The Balaban J connectivity index is 1.90. The molecule has 3 heteroatoms. The van der Waals surface area contributed by atoms with Crippen LogP contribution in [-0.2, 0) is 6.42 Å². The summed E-state index contributed by atoms with van der Waals surface area (Å²) < 4.78 is 0. The Morgan fingerprint density at radius 3 is 3.00 bits per heavy atom. The van der Waals surface area contributed by atoms with Crippen molar-refractivity contribution in [2.45, 2.75) is 51.0 Å². The van der Waals surface area contributed by atoms with Gasteiger partial charge in [-0.05, 0) is 50.7 Å². The van der Waals surface area contributed by atoms with E-state index in [-0.39, 0.29) is 0 Å². The number of nitrogens with zero attached hydrogens (tertiary/aromatic N) is 1. The van der Waals surface area contributed by atoms with Gasteiger partial charge in [0.25, 0.3) is 0 Å². The summed E-state index contributed by atoms with van der Waals surface area (Å²) in [6.07, 6.45) is 12.6. The van der Waals surface area contributed by atoms with Crippen molar-refractivity contribution in [1.82, 2.24) is 10.4 Å². The highest BCUT2D eigenvalue weighted by atomic mass is 15.2. The largest absolute Gasteiger partial charge is 0.271 e. The van der Waals surface area contributed by atoms with E-state index >= 15 is 0 Å². The number of nitrogens with two attached hydrogens (primary N) is 1. The highest BCUT2D eigenvalue weighted by molar-refractivity contribution is 5.13. The maximum atomic E-state index is 5.71. The molecule has 18 heavy (non-hydrogen) atoms. The normalized spacial score (nSPS) is 17.9. The standard InChI is InChI=1S/C15H23N3/c16-18-15(13-7-3-1-2-4-8-13)11-10-14-9-5-6-12-17-14/h5-7,9,12,15,18H,1-4,8,10-11,16H2. The predicted octanol–water partition coefficient (Wildman–Crippen LogP) is 2.74. The summed E-state index contributed by atoms with van der Waals surface area (Å²) in [6, 6.07) is 6.38. The van der Waals surface area contributed by atoms with Gasteiger partial charge in [-0.25, -0.2) is 0 Å². The molecule has 3 N–H and O–H groups in total. The lowest BCUT2D eigenvalue weighted by Crippen LogP contribution is -2.37. The fraction of sp³-hybridized carbons (Fsp3) is 0.533. The molecule has 0 spiro atoms. The van der Waals surface area contributed by atoms with E-state index in [0.29, 0.717) is 6.04 Å². The van der Waals surface area contributed by atoms with Crippen molar-refractivity contribution in [1.29, 1.82) is 0 Å². The van der Waals surface area contributed by atoms with Crippen LogP contribution in [-0.4, -0.2) is 11.0 Å². The van der Waals surface area contributed by atoms with Crippen LogP contribution in [0.3, 0.4) is 0 Å². The first-order valence-corrected chi connectivity index (χ1v) is 6.95. The van der Waals surface area contributed by atoms with Gasteiger partial charge in [-0.15, -0.1) is 0 Å².